The van der Waals surface area contributed by atoms with Crippen LogP contribution in [-0.2, 0) is 0 Å². The summed E-state index contributed by atoms with van der Waals surface area (Å²) in [6, 6.07) is 3.59. The Labute approximate surface area is 191 Å². The van der Waals surface area contributed by atoms with Gasteiger partial charge in [-0.15, -0.1) is 0 Å². The maximum Gasteiger partial charge on any atom is 0.132 e. The number of unbranched alkanes of at least 4 members (excludes halogenated alkanes) is 11. The van der Waals surface area contributed by atoms with E-state index in [9.17, 15) is 5.11 Å². The summed E-state index contributed by atoms with van der Waals surface area (Å²) in [5, 5.41) is 10.7. The van der Waals surface area contributed by atoms with Crippen molar-refractivity contribution >= 4 is 0 Å². The summed E-state index contributed by atoms with van der Waals surface area (Å²) in [6.45, 7) is 2.27. The fourth-order valence-electron chi connectivity index (χ4n) is 3.91. The number of aliphatic hydroxyl groups excluding tert-OH is 1. The highest BCUT2D eigenvalue weighted by molar-refractivity contribution is 5.51. The predicted octanol–water partition coefficient (Wildman–Crippen LogP) is 7.78. The minimum atomic E-state index is -0.597. The van der Waals surface area contributed by atoms with E-state index in [4.69, 9.17) is 14.2 Å². The second-order valence-corrected chi connectivity index (χ2v) is 8.33. The lowest BCUT2D eigenvalue weighted by Crippen LogP contribution is -2.04. The molecule has 0 radical (unpaired) electrons. The molecule has 1 atom stereocenters. The van der Waals surface area contributed by atoms with Gasteiger partial charge in [-0.2, -0.15) is 0 Å². The third-order valence-corrected chi connectivity index (χ3v) is 5.83. The maximum absolute atomic E-state index is 10.7. The van der Waals surface area contributed by atoms with Crippen molar-refractivity contribution in [1.82, 2.24) is 0 Å². The highest BCUT2D eigenvalue weighted by Crippen LogP contribution is 2.39. The Morgan fingerprint density at radius 3 is 1.68 bits per heavy atom. The van der Waals surface area contributed by atoms with Crippen molar-refractivity contribution in [3.05, 3.63) is 29.8 Å². The van der Waals surface area contributed by atoms with Crippen LogP contribution in [0.3, 0.4) is 0 Å². The van der Waals surface area contributed by atoms with Crippen LogP contribution < -0.4 is 14.2 Å². The van der Waals surface area contributed by atoms with Gasteiger partial charge in [-0.3, -0.25) is 0 Å². The van der Waals surface area contributed by atoms with Gasteiger partial charge < -0.3 is 19.3 Å². The molecule has 0 saturated carbocycles. The Morgan fingerprint density at radius 1 is 0.710 bits per heavy atom. The summed E-state index contributed by atoms with van der Waals surface area (Å²) < 4.78 is 16.2. The monoisotopic (exact) mass is 434 g/mol. The molecule has 0 heterocycles. The van der Waals surface area contributed by atoms with Gasteiger partial charge in [0.25, 0.3) is 0 Å². The lowest BCUT2D eigenvalue weighted by Gasteiger charge is -2.19. The van der Waals surface area contributed by atoms with Crippen LogP contribution in [-0.4, -0.2) is 26.4 Å². The highest BCUT2D eigenvalue weighted by atomic mass is 16.5. The molecule has 1 aromatic rings. The van der Waals surface area contributed by atoms with Gasteiger partial charge in [0.2, 0.25) is 0 Å². The van der Waals surface area contributed by atoms with Crippen molar-refractivity contribution in [2.75, 3.05) is 21.3 Å². The van der Waals surface area contributed by atoms with Gasteiger partial charge >= 0.3 is 0 Å². The third-order valence-electron chi connectivity index (χ3n) is 5.83. The highest BCUT2D eigenvalue weighted by Gasteiger charge is 2.20. The smallest absolute Gasteiger partial charge is 0.132 e. The van der Waals surface area contributed by atoms with Gasteiger partial charge in [0.1, 0.15) is 17.2 Å². The normalized spacial score (nSPS) is 12.3. The average molecular weight is 435 g/mol. The van der Waals surface area contributed by atoms with Gasteiger partial charge in [-0.05, 0) is 32.1 Å². The average Bonchev–Trinajstić information content (AvgIpc) is 2.80. The lowest BCUT2D eigenvalue weighted by molar-refractivity contribution is 0.155. The molecule has 1 rings (SSSR count). The minimum Gasteiger partial charge on any atom is -0.496 e. The van der Waals surface area contributed by atoms with Crippen LogP contribution in [0.25, 0.3) is 0 Å². The van der Waals surface area contributed by atoms with E-state index in [0.717, 1.165) is 12.8 Å². The number of rotatable bonds is 19. The SMILES string of the molecule is CCCCCCCC/C=C\CCCCCCC[C@H](O)c1c(OC)cc(OC)cc1OC. The summed E-state index contributed by atoms with van der Waals surface area (Å²) in [4.78, 5) is 0. The lowest BCUT2D eigenvalue weighted by atomic mass is 10.00. The molecule has 0 aliphatic heterocycles. The van der Waals surface area contributed by atoms with Gasteiger partial charge in [0.05, 0.1) is 33.0 Å². The number of aliphatic hydroxyl groups is 1. The number of hydrogen-bond donors (Lipinski definition) is 1. The number of allylic oxidation sites excluding steroid dienone is 2. The molecule has 0 fully saturated rings. The van der Waals surface area contributed by atoms with E-state index in [2.05, 4.69) is 19.1 Å². The molecule has 0 spiro atoms. The van der Waals surface area contributed by atoms with Crippen molar-refractivity contribution in [3.8, 4) is 17.2 Å². The zero-order valence-electron chi connectivity index (χ0n) is 20.5. The molecule has 4 heteroatoms. The molecule has 0 amide bonds. The third kappa shape index (κ3) is 11.5. The summed E-state index contributed by atoms with van der Waals surface area (Å²) in [5.41, 5.74) is 0.710. The molecule has 1 N–H and O–H groups in total. The molecule has 31 heavy (non-hydrogen) atoms. The molecule has 0 aliphatic rings. The topological polar surface area (TPSA) is 47.9 Å². The van der Waals surface area contributed by atoms with E-state index >= 15 is 0 Å². The molecule has 0 bridgehead atoms. The molecule has 0 aliphatic carbocycles. The Bertz CT molecular complexity index is 572. The van der Waals surface area contributed by atoms with E-state index in [1.807, 2.05) is 0 Å². The Kier molecular flexibility index (Phi) is 15.8. The van der Waals surface area contributed by atoms with Gasteiger partial charge in [-0.1, -0.05) is 76.9 Å². The van der Waals surface area contributed by atoms with Gasteiger partial charge in [0.15, 0.2) is 0 Å². The molecule has 1 aromatic carbocycles. The fourth-order valence-corrected chi connectivity index (χ4v) is 3.91. The van der Waals surface area contributed by atoms with Crippen molar-refractivity contribution < 1.29 is 19.3 Å². The summed E-state index contributed by atoms with van der Waals surface area (Å²) in [7, 11) is 4.81. The second kappa shape index (κ2) is 17.9. The fraction of sp³-hybridized carbons (Fsp3) is 0.704. The zero-order chi connectivity index (χ0) is 22.7. The largest absolute Gasteiger partial charge is 0.496 e. The Hall–Kier alpha value is -1.68. The number of methoxy groups -OCH3 is 3. The first kappa shape index (κ1) is 27.4. The first-order valence-electron chi connectivity index (χ1n) is 12.3. The standard InChI is InChI=1S/C27H46O4/c1-5-6-7-8-9-10-11-12-13-14-15-16-17-18-19-20-24(28)27-25(30-3)21-23(29-2)22-26(27)31-4/h12-13,21-22,24,28H,5-11,14-20H2,1-4H3/b13-12-/t24-/m0/s1. The number of hydrogen-bond acceptors (Lipinski definition) is 4. The molecular formula is C27H46O4. The zero-order valence-corrected chi connectivity index (χ0v) is 20.5. The van der Waals surface area contributed by atoms with Crippen molar-refractivity contribution in [3.63, 3.8) is 0 Å². The van der Waals surface area contributed by atoms with Crippen LogP contribution in [0.15, 0.2) is 24.3 Å². The van der Waals surface area contributed by atoms with Crippen LogP contribution in [0.5, 0.6) is 17.2 Å². The van der Waals surface area contributed by atoms with Crippen molar-refractivity contribution in [1.29, 1.82) is 0 Å². The van der Waals surface area contributed by atoms with Crippen molar-refractivity contribution in [2.24, 2.45) is 0 Å². The van der Waals surface area contributed by atoms with Crippen LogP contribution in [0.4, 0.5) is 0 Å². The second-order valence-electron chi connectivity index (χ2n) is 8.33. The molecular weight excluding hydrogens is 388 g/mol. The minimum absolute atomic E-state index is 0.597. The predicted molar refractivity (Wildman–Crippen MR) is 131 cm³/mol. The molecule has 4 nitrogen and oxygen atoms in total. The Morgan fingerprint density at radius 2 is 1.19 bits per heavy atom. The summed E-state index contributed by atoms with van der Waals surface area (Å²) in [5.74, 6) is 1.87. The van der Waals surface area contributed by atoms with E-state index in [1.54, 1.807) is 33.5 Å². The van der Waals surface area contributed by atoms with Crippen LogP contribution in [0, 0.1) is 0 Å². The van der Waals surface area contributed by atoms with Crippen LogP contribution >= 0.6 is 0 Å². The van der Waals surface area contributed by atoms with Crippen LogP contribution in [0.2, 0.25) is 0 Å². The molecule has 0 unspecified atom stereocenters. The molecule has 0 saturated heterocycles. The summed E-state index contributed by atoms with van der Waals surface area (Å²) >= 11 is 0. The quantitative estimate of drug-likeness (QED) is 0.178. The molecule has 0 aromatic heterocycles. The first-order valence-corrected chi connectivity index (χ1v) is 12.3. The van der Waals surface area contributed by atoms with E-state index in [1.165, 1.54) is 70.6 Å². The first-order chi connectivity index (χ1) is 15.2. The maximum atomic E-state index is 10.7. The number of ether oxygens (including phenoxy) is 3. The van der Waals surface area contributed by atoms with Gasteiger partial charge in [-0.25, -0.2) is 0 Å². The van der Waals surface area contributed by atoms with Crippen LogP contribution in [0.1, 0.15) is 108 Å². The van der Waals surface area contributed by atoms with E-state index in [0.29, 0.717) is 29.2 Å². The summed E-state index contributed by atoms with van der Waals surface area (Å²) in [6.07, 6.45) is 21.4. The van der Waals surface area contributed by atoms with E-state index in [-0.39, 0.29) is 0 Å². The van der Waals surface area contributed by atoms with E-state index < -0.39 is 6.10 Å². The number of benzene rings is 1. The molecule has 178 valence electrons. The Balaban J connectivity index is 2.16. The van der Waals surface area contributed by atoms with Crippen molar-refractivity contribution in [2.45, 2.75) is 103 Å². The van der Waals surface area contributed by atoms with Gasteiger partial charge in [0, 0.05) is 12.1 Å².